The average molecular weight is 449 g/mol. The normalized spacial score (nSPS) is 32.2. The third-order valence-electron chi connectivity index (χ3n) is 4.10. The van der Waals surface area contributed by atoms with Gasteiger partial charge in [0.25, 0.3) is 5.91 Å². The highest BCUT2D eigenvalue weighted by Crippen LogP contribution is 2.25. The van der Waals surface area contributed by atoms with E-state index in [2.05, 4.69) is 9.50 Å². The lowest BCUT2D eigenvalue weighted by Gasteiger charge is -2.42. The number of amides is 1. The number of hydrogen-bond donors (Lipinski definition) is 8. The molecule has 29 heavy (non-hydrogen) atoms. The molecular formula is C14H27NO13S. The minimum atomic E-state index is -4.91. The molecule has 0 aromatic carbocycles. The molecule has 0 spiro atoms. The number of aliphatic hydroxyl groups is 6. The van der Waals surface area contributed by atoms with Crippen LogP contribution in [0.25, 0.3) is 0 Å². The van der Waals surface area contributed by atoms with Crippen molar-refractivity contribution in [2.75, 3.05) is 13.2 Å². The average Bonchev–Trinajstić information content (AvgIpc) is 2.62. The van der Waals surface area contributed by atoms with Gasteiger partial charge in [0.1, 0.15) is 36.6 Å². The van der Waals surface area contributed by atoms with Crippen molar-refractivity contribution in [3.8, 4) is 0 Å². The summed E-state index contributed by atoms with van der Waals surface area (Å²) in [5.41, 5.74) is 0. The van der Waals surface area contributed by atoms with E-state index in [9.17, 15) is 43.9 Å². The molecule has 1 aliphatic rings. The van der Waals surface area contributed by atoms with E-state index in [1.807, 2.05) is 0 Å². The molecule has 1 fully saturated rings. The van der Waals surface area contributed by atoms with Gasteiger partial charge in [-0.05, 0) is 13.8 Å². The fourth-order valence-corrected chi connectivity index (χ4v) is 2.87. The first-order valence-electron chi connectivity index (χ1n) is 8.59. The van der Waals surface area contributed by atoms with E-state index < -0.39 is 78.0 Å². The van der Waals surface area contributed by atoms with Gasteiger partial charge in [0.05, 0.1) is 12.7 Å². The van der Waals surface area contributed by atoms with Crippen molar-refractivity contribution in [2.24, 2.45) is 0 Å². The van der Waals surface area contributed by atoms with Crippen LogP contribution in [-0.4, -0.2) is 118 Å². The molecule has 8 N–H and O–H groups in total. The molecule has 14 nitrogen and oxygen atoms in total. The standard InChI is InChI=1S/C14H27NO13S/c1-3-15-13(22)10(20)9(19)12(5(2)16)28-14-11(21)8(18)7(17)6(27-14)4-26-29(23,24)25/h5-12,14,16-21H,3-4H2,1-2H3,(H,15,22)(H,23,24,25)/t5-,6?,7-,8+,9-,10-,11?,12-,14+/m1/s1. The van der Waals surface area contributed by atoms with E-state index in [1.54, 1.807) is 6.92 Å². The van der Waals surface area contributed by atoms with Crippen LogP contribution >= 0.6 is 0 Å². The molecule has 1 saturated heterocycles. The van der Waals surface area contributed by atoms with Gasteiger partial charge in [-0.3, -0.25) is 9.35 Å². The van der Waals surface area contributed by atoms with Gasteiger partial charge in [-0.1, -0.05) is 0 Å². The van der Waals surface area contributed by atoms with Gasteiger partial charge < -0.3 is 45.4 Å². The summed E-state index contributed by atoms with van der Waals surface area (Å²) in [4.78, 5) is 11.7. The van der Waals surface area contributed by atoms with E-state index >= 15 is 0 Å². The van der Waals surface area contributed by atoms with Crippen LogP contribution in [0.1, 0.15) is 13.8 Å². The number of ether oxygens (including phenoxy) is 2. The van der Waals surface area contributed by atoms with Gasteiger partial charge in [-0.25, -0.2) is 4.18 Å². The first kappa shape index (κ1) is 26.1. The minimum absolute atomic E-state index is 0.146. The molecule has 0 bridgehead atoms. The quantitative estimate of drug-likeness (QED) is 0.146. The van der Waals surface area contributed by atoms with E-state index in [-0.39, 0.29) is 6.54 Å². The predicted octanol–water partition coefficient (Wildman–Crippen LogP) is -4.76. The molecule has 0 aliphatic carbocycles. The zero-order valence-corrected chi connectivity index (χ0v) is 16.4. The lowest BCUT2D eigenvalue weighted by molar-refractivity contribution is -0.324. The van der Waals surface area contributed by atoms with E-state index in [0.29, 0.717) is 0 Å². The molecule has 0 aromatic heterocycles. The first-order valence-corrected chi connectivity index (χ1v) is 9.95. The highest BCUT2D eigenvalue weighted by Gasteiger charge is 2.47. The number of nitrogens with one attached hydrogen (secondary N) is 1. The summed E-state index contributed by atoms with van der Waals surface area (Å²) in [5.74, 6) is -0.964. The predicted molar refractivity (Wildman–Crippen MR) is 91.4 cm³/mol. The number of carbonyl (C=O) groups excluding carboxylic acids is 1. The summed E-state index contributed by atoms with van der Waals surface area (Å²) in [6.07, 6.45) is -16.4. The summed E-state index contributed by atoms with van der Waals surface area (Å²) >= 11 is 0. The van der Waals surface area contributed by atoms with Crippen LogP contribution in [0.15, 0.2) is 0 Å². The Hall–Kier alpha value is -0.980. The Morgan fingerprint density at radius 2 is 1.72 bits per heavy atom. The van der Waals surface area contributed by atoms with Crippen LogP contribution in [0.4, 0.5) is 0 Å². The molecular weight excluding hydrogens is 422 g/mol. The van der Waals surface area contributed by atoms with Crippen LogP contribution in [0.5, 0.6) is 0 Å². The van der Waals surface area contributed by atoms with Crippen molar-refractivity contribution in [2.45, 2.75) is 69.0 Å². The van der Waals surface area contributed by atoms with Gasteiger partial charge in [0, 0.05) is 6.54 Å². The van der Waals surface area contributed by atoms with Crippen LogP contribution < -0.4 is 5.32 Å². The topological polar surface area (TPSA) is 233 Å². The van der Waals surface area contributed by atoms with Crippen molar-refractivity contribution in [3.05, 3.63) is 0 Å². The molecule has 1 heterocycles. The van der Waals surface area contributed by atoms with Crippen LogP contribution in [0.2, 0.25) is 0 Å². The van der Waals surface area contributed by atoms with Gasteiger partial charge in [-0.15, -0.1) is 0 Å². The number of hydrogen-bond acceptors (Lipinski definition) is 12. The molecule has 1 rings (SSSR count). The highest BCUT2D eigenvalue weighted by molar-refractivity contribution is 7.80. The Balaban J connectivity index is 2.94. The zero-order valence-electron chi connectivity index (χ0n) is 15.6. The number of likely N-dealkylation sites (N-methyl/N-ethyl adjacent to an activating group) is 1. The van der Waals surface area contributed by atoms with E-state index in [0.717, 1.165) is 6.92 Å². The second-order valence-corrected chi connectivity index (χ2v) is 7.49. The number of rotatable bonds is 10. The Morgan fingerprint density at radius 3 is 2.21 bits per heavy atom. The molecule has 1 amide bonds. The SMILES string of the molecule is CCNC(=O)[C@H](O)[C@@H](O)[C@H](O[C@@H]1OC(COS(=O)(=O)O)[C@@H](O)[C@H](O)C1O)[C@@H](C)O. The van der Waals surface area contributed by atoms with Crippen molar-refractivity contribution in [1.82, 2.24) is 5.32 Å². The second-order valence-electron chi connectivity index (χ2n) is 6.40. The molecule has 0 saturated carbocycles. The summed E-state index contributed by atoms with van der Waals surface area (Å²) in [5, 5.41) is 61.9. The fourth-order valence-electron chi connectivity index (χ4n) is 2.57. The highest BCUT2D eigenvalue weighted by atomic mass is 32.3. The van der Waals surface area contributed by atoms with Crippen molar-refractivity contribution in [3.63, 3.8) is 0 Å². The summed E-state index contributed by atoms with van der Waals surface area (Å²) < 4.78 is 44.3. The Bertz CT molecular complexity index is 629. The van der Waals surface area contributed by atoms with Crippen LogP contribution in [0.3, 0.4) is 0 Å². The third-order valence-corrected chi connectivity index (χ3v) is 4.53. The molecule has 172 valence electrons. The molecule has 0 radical (unpaired) electrons. The molecule has 2 unspecified atom stereocenters. The first-order chi connectivity index (χ1) is 13.3. The van der Waals surface area contributed by atoms with Gasteiger partial charge in [0.2, 0.25) is 0 Å². The van der Waals surface area contributed by atoms with Gasteiger partial charge >= 0.3 is 10.4 Å². The van der Waals surface area contributed by atoms with Crippen molar-refractivity contribution in [1.29, 1.82) is 0 Å². The molecule has 0 aromatic rings. The maximum atomic E-state index is 11.7. The zero-order chi connectivity index (χ0) is 22.5. The van der Waals surface area contributed by atoms with Crippen LogP contribution in [0, 0.1) is 0 Å². The van der Waals surface area contributed by atoms with Crippen molar-refractivity contribution >= 4 is 16.3 Å². The number of carbonyl (C=O) groups is 1. The maximum absolute atomic E-state index is 11.7. The minimum Gasteiger partial charge on any atom is -0.391 e. The molecule has 1 aliphatic heterocycles. The maximum Gasteiger partial charge on any atom is 0.397 e. The fraction of sp³-hybridized carbons (Fsp3) is 0.929. The van der Waals surface area contributed by atoms with Crippen LogP contribution in [-0.2, 0) is 28.9 Å². The summed E-state index contributed by atoms with van der Waals surface area (Å²) in [6, 6.07) is 0. The van der Waals surface area contributed by atoms with Crippen molar-refractivity contribution < 1.29 is 62.1 Å². The van der Waals surface area contributed by atoms with Gasteiger partial charge in [0.15, 0.2) is 12.4 Å². The monoisotopic (exact) mass is 449 g/mol. The molecule has 15 heteroatoms. The second kappa shape index (κ2) is 10.9. The smallest absolute Gasteiger partial charge is 0.391 e. The summed E-state index contributed by atoms with van der Waals surface area (Å²) in [6.45, 7) is 1.88. The van der Waals surface area contributed by atoms with Gasteiger partial charge in [-0.2, -0.15) is 8.42 Å². The third kappa shape index (κ3) is 7.34. The Morgan fingerprint density at radius 1 is 1.14 bits per heavy atom. The Labute approximate surface area is 166 Å². The van der Waals surface area contributed by atoms with E-state index in [4.69, 9.17) is 14.0 Å². The van der Waals surface area contributed by atoms with E-state index in [1.165, 1.54) is 0 Å². The largest absolute Gasteiger partial charge is 0.397 e. The lowest BCUT2D eigenvalue weighted by atomic mass is 9.98. The molecule has 9 atom stereocenters. The number of aliphatic hydroxyl groups excluding tert-OH is 6. The lowest BCUT2D eigenvalue weighted by Crippen LogP contribution is -2.61. The summed E-state index contributed by atoms with van der Waals surface area (Å²) in [7, 11) is -4.91. The Kier molecular flexibility index (Phi) is 9.77.